The molecule has 2 rings (SSSR count). The van der Waals surface area contributed by atoms with E-state index in [2.05, 4.69) is 18.7 Å². The zero-order valence-electron chi connectivity index (χ0n) is 11.8. The Morgan fingerprint density at radius 3 is 2.78 bits per heavy atom. The molecule has 0 aromatic heterocycles. The van der Waals surface area contributed by atoms with Crippen molar-refractivity contribution < 1.29 is 9.90 Å². The molecule has 1 aliphatic carbocycles. The summed E-state index contributed by atoms with van der Waals surface area (Å²) < 4.78 is 0. The summed E-state index contributed by atoms with van der Waals surface area (Å²) in [5.41, 5.74) is 0. The van der Waals surface area contributed by atoms with Crippen molar-refractivity contribution in [2.45, 2.75) is 58.4 Å². The Balaban J connectivity index is 1.82. The molecule has 0 aromatic rings. The summed E-state index contributed by atoms with van der Waals surface area (Å²) in [6.07, 6.45) is 6.49. The third-order valence-electron chi connectivity index (χ3n) is 4.97. The summed E-state index contributed by atoms with van der Waals surface area (Å²) >= 11 is 0. The lowest BCUT2D eigenvalue weighted by Crippen LogP contribution is -2.42. The molecule has 0 aromatic carbocycles. The maximum Gasteiger partial charge on any atom is 0.303 e. The standard InChI is InChI=1S/C15H27NO2/c1-11-3-4-12(2)14(9-11)16-8-7-13(10-16)5-6-15(17)18/h11-14H,3-10H2,1-2H3,(H,17,18). The van der Waals surface area contributed by atoms with Gasteiger partial charge in [0.05, 0.1) is 0 Å². The molecule has 104 valence electrons. The van der Waals surface area contributed by atoms with Gasteiger partial charge in [0.15, 0.2) is 0 Å². The molecule has 0 radical (unpaired) electrons. The number of hydrogen-bond acceptors (Lipinski definition) is 2. The van der Waals surface area contributed by atoms with E-state index in [0.717, 1.165) is 30.8 Å². The first-order valence-corrected chi connectivity index (χ1v) is 7.52. The highest BCUT2D eigenvalue weighted by Crippen LogP contribution is 2.35. The van der Waals surface area contributed by atoms with E-state index in [-0.39, 0.29) is 0 Å². The lowest BCUT2D eigenvalue weighted by Gasteiger charge is -2.39. The maximum absolute atomic E-state index is 10.6. The van der Waals surface area contributed by atoms with Gasteiger partial charge >= 0.3 is 5.97 Å². The van der Waals surface area contributed by atoms with Crippen molar-refractivity contribution in [2.24, 2.45) is 17.8 Å². The van der Waals surface area contributed by atoms with Crippen molar-refractivity contribution in [1.29, 1.82) is 0 Å². The van der Waals surface area contributed by atoms with Gasteiger partial charge in [-0.3, -0.25) is 9.69 Å². The van der Waals surface area contributed by atoms with E-state index >= 15 is 0 Å². The Morgan fingerprint density at radius 1 is 1.28 bits per heavy atom. The molecule has 0 bridgehead atoms. The Labute approximate surface area is 111 Å². The highest BCUT2D eigenvalue weighted by Gasteiger charge is 2.34. The van der Waals surface area contributed by atoms with Crippen LogP contribution in [0.2, 0.25) is 0 Å². The van der Waals surface area contributed by atoms with Crippen LogP contribution < -0.4 is 0 Å². The summed E-state index contributed by atoms with van der Waals surface area (Å²) in [5.74, 6) is 1.65. The van der Waals surface area contributed by atoms with Gasteiger partial charge in [0.1, 0.15) is 0 Å². The zero-order valence-corrected chi connectivity index (χ0v) is 11.8. The molecule has 1 N–H and O–H groups in total. The topological polar surface area (TPSA) is 40.5 Å². The third-order valence-corrected chi connectivity index (χ3v) is 4.97. The molecule has 3 heteroatoms. The zero-order chi connectivity index (χ0) is 13.1. The van der Waals surface area contributed by atoms with E-state index < -0.39 is 5.97 Å². The van der Waals surface area contributed by atoms with Crippen LogP contribution in [-0.4, -0.2) is 35.1 Å². The molecular formula is C15H27NO2. The van der Waals surface area contributed by atoms with Crippen LogP contribution in [0.4, 0.5) is 0 Å². The molecule has 3 nitrogen and oxygen atoms in total. The second kappa shape index (κ2) is 6.05. The largest absolute Gasteiger partial charge is 0.481 e. The molecule has 4 atom stereocenters. The number of nitrogens with zero attached hydrogens (tertiary/aromatic N) is 1. The second-order valence-electron chi connectivity index (χ2n) is 6.54. The summed E-state index contributed by atoms with van der Waals surface area (Å²) in [4.78, 5) is 13.3. The minimum atomic E-state index is -0.645. The molecule has 0 spiro atoms. The van der Waals surface area contributed by atoms with Crippen LogP contribution in [0.1, 0.15) is 52.4 Å². The van der Waals surface area contributed by atoms with Crippen molar-refractivity contribution in [1.82, 2.24) is 4.90 Å². The lowest BCUT2D eigenvalue weighted by molar-refractivity contribution is -0.137. The number of likely N-dealkylation sites (tertiary alicyclic amines) is 1. The van der Waals surface area contributed by atoms with Crippen LogP contribution in [0.15, 0.2) is 0 Å². The SMILES string of the molecule is CC1CCC(C)C(N2CCC(CCC(=O)O)C2)C1. The number of aliphatic carboxylic acids is 1. The number of carbonyl (C=O) groups is 1. The summed E-state index contributed by atoms with van der Waals surface area (Å²) in [6, 6.07) is 0.753. The molecule has 0 amide bonds. The maximum atomic E-state index is 10.6. The molecule has 1 saturated carbocycles. The predicted octanol–water partition coefficient (Wildman–Crippen LogP) is 3.00. The fourth-order valence-electron chi connectivity index (χ4n) is 3.74. The molecular weight excluding hydrogens is 226 g/mol. The van der Waals surface area contributed by atoms with Crippen molar-refractivity contribution in [3.8, 4) is 0 Å². The van der Waals surface area contributed by atoms with Gasteiger partial charge in [-0.1, -0.05) is 20.3 Å². The summed E-state index contributed by atoms with van der Waals surface area (Å²) in [6.45, 7) is 7.08. The van der Waals surface area contributed by atoms with Crippen LogP contribution in [-0.2, 0) is 4.79 Å². The fourth-order valence-corrected chi connectivity index (χ4v) is 3.74. The number of hydrogen-bond donors (Lipinski definition) is 1. The van der Waals surface area contributed by atoms with E-state index in [0.29, 0.717) is 12.3 Å². The van der Waals surface area contributed by atoms with Crippen LogP contribution in [0, 0.1) is 17.8 Å². The highest BCUT2D eigenvalue weighted by atomic mass is 16.4. The van der Waals surface area contributed by atoms with Gasteiger partial charge in [-0.05, 0) is 50.0 Å². The first kappa shape index (κ1) is 13.9. The average Bonchev–Trinajstić information content (AvgIpc) is 2.78. The van der Waals surface area contributed by atoms with Crippen LogP contribution >= 0.6 is 0 Å². The molecule has 2 fully saturated rings. The van der Waals surface area contributed by atoms with Crippen LogP contribution in [0.3, 0.4) is 0 Å². The van der Waals surface area contributed by atoms with Gasteiger partial charge in [-0.15, -0.1) is 0 Å². The second-order valence-corrected chi connectivity index (χ2v) is 6.54. The van der Waals surface area contributed by atoms with Gasteiger partial charge in [-0.25, -0.2) is 0 Å². The molecule has 4 unspecified atom stereocenters. The fraction of sp³-hybridized carbons (Fsp3) is 0.933. The number of rotatable bonds is 4. The lowest BCUT2D eigenvalue weighted by atomic mass is 9.79. The molecule has 1 heterocycles. The first-order chi connectivity index (χ1) is 8.56. The highest BCUT2D eigenvalue weighted by molar-refractivity contribution is 5.66. The van der Waals surface area contributed by atoms with Gasteiger partial charge in [-0.2, -0.15) is 0 Å². The van der Waals surface area contributed by atoms with E-state index in [4.69, 9.17) is 5.11 Å². The number of carboxylic acid groups (broad SMARTS) is 1. The van der Waals surface area contributed by atoms with Crippen molar-refractivity contribution in [3.63, 3.8) is 0 Å². The molecule has 1 aliphatic heterocycles. The molecule has 2 aliphatic rings. The quantitative estimate of drug-likeness (QED) is 0.837. The smallest absolute Gasteiger partial charge is 0.303 e. The Kier molecular flexibility index (Phi) is 4.66. The van der Waals surface area contributed by atoms with Gasteiger partial charge in [0, 0.05) is 19.0 Å². The van der Waals surface area contributed by atoms with E-state index in [1.165, 1.54) is 32.2 Å². The van der Waals surface area contributed by atoms with E-state index in [1.54, 1.807) is 0 Å². The third kappa shape index (κ3) is 3.47. The minimum Gasteiger partial charge on any atom is -0.481 e. The Hall–Kier alpha value is -0.570. The summed E-state index contributed by atoms with van der Waals surface area (Å²) in [7, 11) is 0. The van der Waals surface area contributed by atoms with Gasteiger partial charge < -0.3 is 5.11 Å². The monoisotopic (exact) mass is 253 g/mol. The van der Waals surface area contributed by atoms with Crippen molar-refractivity contribution in [2.75, 3.05) is 13.1 Å². The molecule has 1 saturated heterocycles. The van der Waals surface area contributed by atoms with E-state index in [1.807, 2.05) is 0 Å². The van der Waals surface area contributed by atoms with Crippen molar-refractivity contribution >= 4 is 5.97 Å². The Morgan fingerprint density at radius 2 is 2.06 bits per heavy atom. The predicted molar refractivity (Wildman–Crippen MR) is 72.5 cm³/mol. The van der Waals surface area contributed by atoms with Crippen LogP contribution in [0.25, 0.3) is 0 Å². The Bertz CT molecular complexity index is 292. The minimum absolute atomic E-state index is 0.342. The van der Waals surface area contributed by atoms with E-state index in [9.17, 15) is 4.79 Å². The average molecular weight is 253 g/mol. The first-order valence-electron chi connectivity index (χ1n) is 7.52. The van der Waals surface area contributed by atoms with Crippen LogP contribution in [0.5, 0.6) is 0 Å². The normalized spacial score (nSPS) is 37.9. The van der Waals surface area contributed by atoms with Crippen molar-refractivity contribution in [3.05, 3.63) is 0 Å². The summed E-state index contributed by atoms with van der Waals surface area (Å²) in [5, 5.41) is 8.75. The molecule has 18 heavy (non-hydrogen) atoms. The van der Waals surface area contributed by atoms with Gasteiger partial charge in [0.2, 0.25) is 0 Å². The van der Waals surface area contributed by atoms with Gasteiger partial charge in [0.25, 0.3) is 0 Å². The number of carboxylic acids is 1.